The lowest BCUT2D eigenvalue weighted by Crippen LogP contribution is -2.47. The maximum Gasteiger partial charge on any atom is 0.254 e. The number of hydrogen-bond donors (Lipinski definition) is 1. The number of carbonyl (C=O) groups excluding carboxylic acids is 1. The van der Waals surface area contributed by atoms with Gasteiger partial charge in [0, 0.05) is 37.4 Å². The predicted molar refractivity (Wildman–Crippen MR) is 102 cm³/mol. The first-order valence-corrected chi connectivity index (χ1v) is 9.31. The van der Waals surface area contributed by atoms with Gasteiger partial charge in [-0.05, 0) is 25.5 Å². The Morgan fingerprint density at radius 1 is 1.31 bits per heavy atom. The summed E-state index contributed by atoms with van der Waals surface area (Å²) in [5.41, 5.74) is 1.53. The number of carbonyl (C=O) groups is 1. The molecule has 7 heteroatoms. The van der Waals surface area contributed by atoms with Crippen molar-refractivity contribution < 1.29 is 9.53 Å². The van der Waals surface area contributed by atoms with Crippen molar-refractivity contribution in [2.45, 2.75) is 32.6 Å². The molecule has 1 aromatic carbocycles. The molecule has 0 unspecified atom stereocenters. The summed E-state index contributed by atoms with van der Waals surface area (Å²) >= 11 is 6.17. The van der Waals surface area contributed by atoms with E-state index in [0.29, 0.717) is 23.7 Å². The van der Waals surface area contributed by atoms with E-state index in [-0.39, 0.29) is 18.1 Å². The van der Waals surface area contributed by atoms with Gasteiger partial charge in [-0.3, -0.25) is 14.4 Å². The second kappa shape index (κ2) is 8.66. The summed E-state index contributed by atoms with van der Waals surface area (Å²) < 4.78 is 7.45. The molecule has 2 heterocycles. The third-order valence-electron chi connectivity index (χ3n) is 4.39. The smallest absolute Gasteiger partial charge is 0.254 e. The third kappa shape index (κ3) is 5.06. The van der Waals surface area contributed by atoms with Crippen LogP contribution in [0.1, 0.15) is 29.8 Å². The van der Waals surface area contributed by atoms with Crippen molar-refractivity contribution in [3.63, 3.8) is 0 Å². The summed E-state index contributed by atoms with van der Waals surface area (Å²) in [6, 6.07) is 7.63. The topological polar surface area (TPSA) is 59.4 Å². The molecule has 1 aromatic heterocycles. The first kappa shape index (κ1) is 18.9. The molecule has 0 bridgehead atoms. The van der Waals surface area contributed by atoms with Gasteiger partial charge >= 0.3 is 0 Å². The molecule has 0 saturated carbocycles. The number of amides is 1. The number of benzene rings is 1. The monoisotopic (exact) mass is 376 g/mol. The van der Waals surface area contributed by atoms with E-state index in [0.717, 1.165) is 25.2 Å². The lowest BCUT2D eigenvalue weighted by molar-refractivity contribution is -0.0672. The van der Waals surface area contributed by atoms with Crippen molar-refractivity contribution in [2.24, 2.45) is 0 Å². The average Bonchev–Trinajstić information content (AvgIpc) is 3.05. The number of aromatic nitrogens is 2. The van der Waals surface area contributed by atoms with Crippen LogP contribution >= 0.6 is 11.6 Å². The van der Waals surface area contributed by atoms with Gasteiger partial charge in [-0.25, -0.2) is 0 Å². The van der Waals surface area contributed by atoms with Crippen LogP contribution in [0.5, 0.6) is 0 Å². The van der Waals surface area contributed by atoms with Crippen LogP contribution in [0.3, 0.4) is 0 Å². The molecule has 3 rings (SSSR count). The minimum atomic E-state index is -0.107. The summed E-state index contributed by atoms with van der Waals surface area (Å²) in [5.74, 6) is -0.107. The SMILES string of the molecule is C[C@H]1CN(CCNC(=O)c2cnn(Cc3ccccc3Cl)c2)C[C@H](C)O1. The Labute approximate surface area is 159 Å². The molecule has 2 atom stereocenters. The molecule has 26 heavy (non-hydrogen) atoms. The fourth-order valence-corrected chi connectivity index (χ4v) is 3.46. The van der Waals surface area contributed by atoms with E-state index in [1.807, 2.05) is 24.3 Å². The molecular weight excluding hydrogens is 352 g/mol. The zero-order valence-corrected chi connectivity index (χ0v) is 15.9. The Morgan fingerprint density at radius 2 is 2.04 bits per heavy atom. The van der Waals surface area contributed by atoms with Gasteiger partial charge in [0.05, 0.1) is 30.5 Å². The van der Waals surface area contributed by atoms with Gasteiger partial charge in [0.15, 0.2) is 0 Å². The standard InChI is InChI=1S/C19H25ClN4O2/c1-14-10-23(11-15(2)26-14)8-7-21-19(25)17-9-22-24(13-17)12-16-5-3-4-6-18(16)20/h3-6,9,13-15H,7-8,10-12H2,1-2H3,(H,21,25)/t14-,15-/m0/s1. The second-order valence-electron chi connectivity index (χ2n) is 6.79. The Morgan fingerprint density at radius 3 is 2.77 bits per heavy atom. The first-order valence-electron chi connectivity index (χ1n) is 8.93. The van der Waals surface area contributed by atoms with Crippen LogP contribution in [0.15, 0.2) is 36.7 Å². The van der Waals surface area contributed by atoms with Crippen LogP contribution in [0.4, 0.5) is 0 Å². The van der Waals surface area contributed by atoms with Crippen LogP contribution in [0.2, 0.25) is 5.02 Å². The van der Waals surface area contributed by atoms with Crippen LogP contribution < -0.4 is 5.32 Å². The minimum absolute atomic E-state index is 0.107. The molecule has 0 spiro atoms. The fourth-order valence-electron chi connectivity index (χ4n) is 3.27. The third-order valence-corrected chi connectivity index (χ3v) is 4.76. The second-order valence-corrected chi connectivity index (χ2v) is 7.20. The molecule has 140 valence electrons. The highest BCUT2D eigenvalue weighted by Gasteiger charge is 2.21. The van der Waals surface area contributed by atoms with Crippen molar-refractivity contribution >= 4 is 17.5 Å². The summed E-state index contributed by atoms with van der Waals surface area (Å²) in [6.07, 6.45) is 3.80. The Balaban J connectivity index is 1.48. The van der Waals surface area contributed by atoms with Crippen LogP contribution in [0, 0.1) is 0 Å². The number of halogens is 1. The highest BCUT2D eigenvalue weighted by Crippen LogP contribution is 2.16. The average molecular weight is 377 g/mol. The van der Waals surface area contributed by atoms with Gasteiger partial charge in [-0.2, -0.15) is 5.10 Å². The van der Waals surface area contributed by atoms with Crippen molar-refractivity contribution in [2.75, 3.05) is 26.2 Å². The number of nitrogens with one attached hydrogen (secondary N) is 1. The van der Waals surface area contributed by atoms with Gasteiger partial charge in [0.2, 0.25) is 0 Å². The maximum atomic E-state index is 12.3. The number of nitrogens with zero attached hydrogens (tertiary/aromatic N) is 3. The van der Waals surface area contributed by atoms with Crippen molar-refractivity contribution in [3.05, 3.63) is 52.8 Å². The summed E-state index contributed by atoms with van der Waals surface area (Å²) in [4.78, 5) is 14.6. The molecule has 6 nitrogen and oxygen atoms in total. The number of hydrogen-bond acceptors (Lipinski definition) is 4. The van der Waals surface area contributed by atoms with Crippen molar-refractivity contribution in [1.82, 2.24) is 20.0 Å². The number of rotatable bonds is 6. The normalized spacial score (nSPS) is 20.9. The van der Waals surface area contributed by atoms with E-state index in [9.17, 15) is 4.79 Å². The van der Waals surface area contributed by atoms with Gasteiger partial charge in [-0.1, -0.05) is 29.8 Å². The van der Waals surface area contributed by atoms with Crippen molar-refractivity contribution in [3.8, 4) is 0 Å². The quantitative estimate of drug-likeness (QED) is 0.841. The maximum absolute atomic E-state index is 12.3. The Hall–Kier alpha value is -1.89. The van der Waals surface area contributed by atoms with E-state index in [2.05, 4.69) is 29.2 Å². The fraction of sp³-hybridized carbons (Fsp3) is 0.474. The zero-order valence-electron chi connectivity index (χ0n) is 15.2. The molecule has 0 radical (unpaired) electrons. The molecule has 1 aliphatic rings. The van der Waals surface area contributed by atoms with Crippen LogP contribution in [-0.4, -0.2) is 59.0 Å². The molecule has 1 amide bonds. The summed E-state index contributed by atoms with van der Waals surface area (Å²) in [5, 5.41) is 7.92. The zero-order chi connectivity index (χ0) is 18.5. The summed E-state index contributed by atoms with van der Waals surface area (Å²) in [6.45, 7) is 7.91. The largest absolute Gasteiger partial charge is 0.373 e. The molecule has 0 aliphatic carbocycles. The predicted octanol–water partition coefficient (Wildman–Crippen LogP) is 2.42. The van der Waals surface area contributed by atoms with Gasteiger partial charge < -0.3 is 10.1 Å². The molecular formula is C19H25ClN4O2. The molecule has 2 aromatic rings. The minimum Gasteiger partial charge on any atom is -0.373 e. The molecule has 1 aliphatic heterocycles. The lowest BCUT2D eigenvalue weighted by atomic mass is 10.2. The summed E-state index contributed by atoms with van der Waals surface area (Å²) in [7, 11) is 0. The van der Waals surface area contributed by atoms with Crippen molar-refractivity contribution in [1.29, 1.82) is 0 Å². The Kier molecular flexibility index (Phi) is 6.29. The van der Waals surface area contributed by atoms with Crippen LogP contribution in [0.25, 0.3) is 0 Å². The highest BCUT2D eigenvalue weighted by atomic mass is 35.5. The van der Waals surface area contributed by atoms with Gasteiger partial charge in [0.1, 0.15) is 0 Å². The van der Waals surface area contributed by atoms with Gasteiger partial charge in [0.25, 0.3) is 5.91 Å². The lowest BCUT2D eigenvalue weighted by Gasteiger charge is -2.35. The Bertz CT molecular complexity index is 739. The van der Waals surface area contributed by atoms with E-state index >= 15 is 0 Å². The van der Waals surface area contributed by atoms with E-state index < -0.39 is 0 Å². The number of ether oxygens (including phenoxy) is 1. The van der Waals surface area contributed by atoms with E-state index in [4.69, 9.17) is 16.3 Å². The van der Waals surface area contributed by atoms with E-state index in [1.54, 1.807) is 17.1 Å². The molecule has 1 fully saturated rings. The first-order chi connectivity index (χ1) is 12.5. The molecule has 1 N–H and O–H groups in total. The highest BCUT2D eigenvalue weighted by molar-refractivity contribution is 6.31. The number of morpholine rings is 1. The van der Waals surface area contributed by atoms with Crippen LogP contribution in [-0.2, 0) is 11.3 Å². The molecule has 1 saturated heterocycles. The van der Waals surface area contributed by atoms with E-state index in [1.165, 1.54) is 0 Å². The van der Waals surface area contributed by atoms with Gasteiger partial charge in [-0.15, -0.1) is 0 Å².